The SMILES string of the molecule is C=C(/C=C/C=C(/COC[C@H](O)CO)[C@@H]1CC[C@]2([C@@H]1O)[C@H]1C3=C(C=O)CCC[C@@]3(C=C[C@@H]1CCO)C[C@]2(O)CCNC)[C@H]1C/C=C(\C)CN[C@](CCOC)(C2CCCCC2)Cc2cccc(c2)C1. The Hall–Kier alpha value is -3.03. The molecule has 0 amide bonds. The number of benzene rings is 1. The van der Waals surface area contributed by atoms with Gasteiger partial charge in [-0.2, -0.15) is 0 Å². The van der Waals surface area contributed by atoms with Gasteiger partial charge in [-0.3, -0.25) is 4.79 Å². The van der Waals surface area contributed by atoms with Gasteiger partial charge < -0.3 is 45.6 Å². The van der Waals surface area contributed by atoms with Gasteiger partial charge in [0.1, 0.15) is 12.4 Å². The van der Waals surface area contributed by atoms with E-state index >= 15 is 0 Å². The van der Waals surface area contributed by atoms with Crippen LogP contribution in [-0.4, -0.2) is 115 Å². The van der Waals surface area contributed by atoms with E-state index in [1.165, 1.54) is 48.8 Å². The minimum Gasteiger partial charge on any atom is -0.396 e. The van der Waals surface area contributed by atoms with Crippen LogP contribution in [0.5, 0.6) is 0 Å². The Balaban J connectivity index is 1.20. The van der Waals surface area contributed by atoms with Crippen LogP contribution in [0.25, 0.3) is 0 Å². The van der Waals surface area contributed by atoms with E-state index in [1.807, 2.05) is 26.3 Å². The van der Waals surface area contributed by atoms with Crippen molar-refractivity contribution in [2.24, 2.45) is 40.4 Å². The predicted molar refractivity (Wildman–Crippen MR) is 266 cm³/mol. The first-order valence-electron chi connectivity index (χ1n) is 25.9. The summed E-state index contributed by atoms with van der Waals surface area (Å²) in [5.41, 5.74) is 4.93. The van der Waals surface area contributed by atoms with Gasteiger partial charge in [-0.15, -0.1) is 0 Å². The Morgan fingerprint density at radius 3 is 2.64 bits per heavy atom. The third-order valence-corrected chi connectivity index (χ3v) is 17.6. The third kappa shape index (κ3) is 11.0. The molecule has 4 bridgehead atoms. The maximum absolute atomic E-state index is 13.3. The molecule has 10 heteroatoms. The molecule has 0 aromatic heterocycles. The van der Waals surface area contributed by atoms with E-state index < -0.39 is 41.2 Å². The molecule has 1 heterocycles. The summed E-state index contributed by atoms with van der Waals surface area (Å²) in [6.45, 7) is 8.61. The lowest BCUT2D eigenvalue weighted by atomic mass is 9.40. The maximum Gasteiger partial charge on any atom is 0.146 e. The second-order valence-electron chi connectivity index (χ2n) is 21.6. The number of fused-ring (bicyclic) bond motifs is 3. The molecule has 0 saturated heterocycles. The van der Waals surface area contributed by atoms with E-state index in [-0.39, 0.29) is 43.1 Å². The zero-order valence-corrected chi connectivity index (χ0v) is 41.0. The molecule has 7 N–H and O–H groups in total. The van der Waals surface area contributed by atoms with Crippen LogP contribution in [0.4, 0.5) is 0 Å². The highest BCUT2D eigenvalue weighted by molar-refractivity contribution is 5.77. The lowest BCUT2D eigenvalue weighted by Crippen LogP contribution is -2.67. The number of aliphatic hydroxyl groups is 5. The number of allylic oxidation sites excluding steroid dienone is 9. The minimum atomic E-state index is -1.27. The van der Waals surface area contributed by atoms with Crippen LogP contribution in [0.3, 0.4) is 0 Å². The summed E-state index contributed by atoms with van der Waals surface area (Å²) in [6.07, 6.45) is 26.8. The van der Waals surface area contributed by atoms with Gasteiger partial charge >= 0.3 is 0 Å². The van der Waals surface area contributed by atoms with Crippen LogP contribution in [0.1, 0.15) is 114 Å². The topological polar surface area (TPSA) is 161 Å². The zero-order valence-electron chi connectivity index (χ0n) is 41.0. The fourth-order valence-corrected chi connectivity index (χ4v) is 14.2. The highest BCUT2D eigenvalue weighted by Gasteiger charge is 2.71. The number of aliphatic hydroxyl groups excluding tert-OH is 4. The van der Waals surface area contributed by atoms with Gasteiger partial charge in [-0.25, -0.2) is 0 Å². The summed E-state index contributed by atoms with van der Waals surface area (Å²) in [4.78, 5) is 12.9. The molecule has 5 aliphatic carbocycles. The maximum atomic E-state index is 13.3. The van der Waals surface area contributed by atoms with Gasteiger partial charge in [0.15, 0.2) is 0 Å². The van der Waals surface area contributed by atoms with Gasteiger partial charge in [0.2, 0.25) is 0 Å². The molecule has 3 fully saturated rings. The normalized spacial score (nSPS) is 35.2. The van der Waals surface area contributed by atoms with E-state index in [4.69, 9.17) is 9.47 Å². The fraction of sp³-hybridized carbons (Fsp3) is 0.667. The summed E-state index contributed by atoms with van der Waals surface area (Å²) in [5, 5.41) is 64.2. The number of hydrogen-bond acceptors (Lipinski definition) is 10. The van der Waals surface area contributed by atoms with Crippen LogP contribution < -0.4 is 10.6 Å². The van der Waals surface area contributed by atoms with Crippen molar-refractivity contribution in [1.29, 1.82) is 0 Å². The van der Waals surface area contributed by atoms with Crippen LogP contribution in [0.2, 0.25) is 0 Å². The van der Waals surface area contributed by atoms with Gasteiger partial charge in [-0.05, 0) is 162 Å². The quantitative estimate of drug-likeness (QED) is 0.0422. The van der Waals surface area contributed by atoms with Crippen molar-refractivity contribution < 1.29 is 39.8 Å². The van der Waals surface area contributed by atoms with Crippen molar-refractivity contribution in [3.8, 4) is 0 Å². The number of hydrogen-bond donors (Lipinski definition) is 7. The molecule has 0 radical (unpaired) electrons. The number of ether oxygens (including phenoxy) is 2. The number of aldehydes is 1. The lowest BCUT2D eigenvalue weighted by molar-refractivity contribution is -0.207. The number of carbonyl (C=O) groups is 1. The molecular formula is C57H84N2O8. The van der Waals surface area contributed by atoms with Gasteiger partial charge in [-0.1, -0.05) is 97.7 Å². The average Bonchev–Trinajstić information content (AvgIpc) is 3.68. The summed E-state index contributed by atoms with van der Waals surface area (Å²) in [6, 6.07) is 9.16. The van der Waals surface area contributed by atoms with Crippen molar-refractivity contribution in [3.63, 3.8) is 0 Å². The molecule has 1 aromatic rings. The monoisotopic (exact) mass is 925 g/mol. The molecule has 10 nitrogen and oxygen atoms in total. The van der Waals surface area contributed by atoms with Crippen molar-refractivity contribution in [2.75, 3.05) is 60.3 Å². The molecule has 3 saturated carbocycles. The smallest absolute Gasteiger partial charge is 0.146 e. The minimum absolute atomic E-state index is 0.0290. The summed E-state index contributed by atoms with van der Waals surface area (Å²) >= 11 is 0. The molecule has 10 atom stereocenters. The highest BCUT2D eigenvalue weighted by atomic mass is 16.5. The molecule has 6 aliphatic rings. The van der Waals surface area contributed by atoms with Crippen LogP contribution in [-0.2, 0) is 27.1 Å². The highest BCUT2D eigenvalue weighted by Crippen LogP contribution is 2.72. The Labute approximate surface area is 401 Å². The zero-order chi connectivity index (χ0) is 47.7. The number of rotatable bonds is 19. The Morgan fingerprint density at radius 1 is 1.09 bits per heavy atom. The summed E-state index contributed by atoms with van der Waals surface area (Å²) in [5.74, 6) is -0.119. The van der Waals surface area contributed by atoms with E-state index in [0.717, 1.165) is 80.3 Å². The molecule has 1 spiro atoms. The van der Waals surface area contributed by atoms with E-state index in [0.29, 0.717) is 51.0 Å². The standard InChI is InChI=1S/C57H84N2O8/c1-40-18-19-45(32-42-12-9-13-43(31-42)33-55(59-34-40,27-30-66-4)48-16-6-5-7-17-48)41(2)11-8-14-47(37-67-38-49(63)36-62)50-21-25-57(53(50)64)52-44(22-29-60)20-24-54(39-56(57,65)26-28-58-3)23-10-15-46(35-61)51(52)54/h8-9,11-14,18,20,24,31,35,44-45,48-50,52-53,58-60,62-65H,2,5-7,10,15-17,19,21-23,25-30,32-34,36-39H2,1,3-4H3/b11-8+,40-18+,47-14-/t44-,45+,49-,50+,52-,53-,54-,55+,56-,57-/m1/s1. The number of nitrogens with one attached hydrogen (secondary N) is 2. The van der Waals surface area contributed by atoms with Crippen molar-refractivity contribution in [1.82, 2.24) is 10.6 Å². The van der Waals surface area contributed by atoms with Gasteiger partial charge in [0.25, 0.3) is 0 Å². The first-order chi connectivity index (χ1) is 32.4. The van der Waals surface area contributed by atoms with Gasteiger partial charge in [0, 0.05) is 49.2 Å². The van der Waals surface area contributed by atoms with E-state index in [1.54, 1.807) is 0 Å². The molecule has 1 aromatic carbocycles. The van der Waals surface area contributed by atoms with Crippen LogP contribution >= 0.6 is 0 Å². The average molecular weight is 925 g/mol. The lowest BCUT2D eigenvalue weighted by Gasteiger charge is -2.66. The van der Waals surface area contributed by atoms with E-state index in [9.17, 15) is 30.3 Å². The number of carbonyl (C=O) groups excluding carboxylic acids is 1. The Kier molecular flexibility index (Phi) is 18.0. The van der Waals surface area contributed by atoms with Crippen molar-refractivity contribution in [3.05, 3.63) is 106 Å². The molecule has 0 unspecified atom stereocenters. The fourth-order valence-electron chi connectivity index (χ4n) is 14.2. The number of methoxy groups -OCH3 is 1. The van der Waals surface area contributed by atoms with Crippen molar-refractivity contribution in [2.45, 2.75) is 139 Å². The molecule has 67 heavy (non-hydrogen) atoms. The second kappa shape index (κ2) is 23.3. The van der Waals surface area contributed by atoms with E-state index in [2.05, 4.69) is 72.7 Å². The molecule has 7 rings (SSSR count). The van der Waals surface area contributed by atoms with Gasteiger partial charge in [0.05, 0.1) is 31.5 Å². The first-order valence-corrected chi connectivity index (χ1v) is 25.9. The van der Waals surface area contributed by atoms with Crippen LogP contribution in [0.15, 0.2) is 95.2 Å². The second-order valence-corrected chi connectivity index (χ2v) is 21.6. The van der Waals surface area contributed by atoms with Crippen molar-refractivity contribution >= 4 is 6.29 Å². The predicted octanol–water partition coefficient (Wildman–Crippen LogP) is 7.44. The molecular weight excluding hydrogens is 841 g/mol. The van der Waals surface area contributed by atoms with Crippen LogP contribution in [0, 0.1) is 40.4 Å². The Bertz CT molecular complexity index is 2000. The molecule has 370 valence electrons. The first kappa shape index (κ1) is 51.8. The third-order valence-electron chi connectivity index (χ3n) is 17.6. The molecule has 1 aliphatic heterocycles. The summed E-state index contributed by atoms with van der Waals surface area (Å²) < 4.78 is 11.8. The Morgan fingerprint density at radius 2 is 1.90 bits per heavy atom. The largest absolute Gasteiger partial charge is 0.396 e. The summed E-state index contributed by atoms with van der Waals surface area (Å²) in [7, 11) is 3.70.